The van der Waals surface area contributed by atoms with Crippen molar-refractivity contribution >= 4 is 34.7 Å². The summed E-state index contributed by atoms with van der Waals surface area (Å²) >= 11 is 0. The van der Waals surface area contributed by atoms with Crippen LogP contribution in [0.15, 0.2) is 79.1 Å². The van der Waals surface area contributed by atoms with Crippen molar-refractivity contribution in [3.8, 4) is 11.1 Å². The van der Waals surface area contributed by atoms with Crippen molar-refractivity contribution < 1.29 is 4.79 Å². The zero-order chi connectivity index (χ0) is 22.8. The molecule has 2 aromatic heterocycles. The number of benzene rings is 2. The molecule has 162 valence electrons. The molecule has 0 bridgehead atoms. The summed E-state index contributed by atoms with van der Waals surface area (Å²) in [5.41, 5.74) is 4.19. The molecule has 4 aromatic rings. The maximum Gasteiger partial charge on any atom is 0.274 e. The largest absolute Gasteiger partial charge is 0.321 e. The van der Waals surface area contributed by atoms with Crippen molar-refractivity contribution in [2.24, 2.45) is 0 Å². The van der Waals surface area contributed by atoms with Crippen molar-refractivity contribution in [1.82, 2.24) is 14.9 Å². The highest BCUT2D eigenvalue weighted by atomic mass is 16.1. The fourth-order valence-corrected chi connectivity index (χ4v) is 3.76. The molecule has 0 spiro atoms. The fourth-order valence-electron chi connectivity index (χ4n) is 3.76. The average Bonchev–Trinajstić information content (AvgIpc) is 3.69. The predicted molar refractivity (Wildman–Crippen MR) is 130 cm³/mol. The number of aromatic nitrogens is 2. The Morgan fingerprint density at radius 3 is 2.67 bits per heavy atom. The van der Waals surface area contributed by atoms with Crippen molar-refractivity contribution in [3.05, 3.63) is 90.4 Å². The lowest BCUT2D eigenvalue weighted by Crippen LogP contribution is -2.31. The predicted octanol–water partition coefficient (Wildman–Crippen LogP) is 4.95. The summed E-state index contributed by atoms with van der Waals surface area (Å²) in [6, 6.07) is 20.9. The molecule has 0 saturated heterocycles. The molecule has 2 heterocycles. The third kappa shape index (κ3) is 4.34. The molecule has 0 unspecified atom stereocenters. The Kier molecular flexibility index (Phi) is 5.36. The van der Waals surface area contributed by atoms with E-state index in [1.165, 1.54) is 6.34 Å². The second kappa shape index (κ2) is 8.63. The van der Waals surface area contributed by atoms with Crippen molar-refractivity contribution in [1.29, 1.82) is 10.8 Å². The van der Waals surface area contributed by atoms with Crippen molar-refractivity contribution in [3.63, 3.8) is 0 Å². The second-order valence-corrected chi connectivity index (χ2v) is 8.00. The van der Waals surface area contributed by atoms with Gasteiger partial charge in [-0.25, -0.2) is 0 Å². The molecule has 7 nitrogen and oxygen atoms in total. The first kappa shape index (κ1) is 20.5. The zero-order valence-electron chi connectivity index (χ0n) is 17.8. The number of amidine groups is 1. The Hall–Kier alpha value is -4.39. The molecular weight excluding hydrogens is 412 g/mol. The number of fused-ring (bicyclic) bond motifs is 1. The average molecular weight is 435 g/mol. The smallest absolute Gasteiger partial charge is 0.274 e. The molecule has 3 N–H and O–H groups in total. The van der Waals surface area contributed by atoms with E-state index >= 15 is 0 Å². The van der Waals surface area contributed by atoms with Gasteiger partial charge in [0.05, 0.1) is 11.9 Å². The summed E-state index contributed by atoms with van der Waals surface area (Å²) in [5, 5.41) is 19.9. The van der Waals surface area contributed by atoms with Crippen LogP contribution in [0.1, 0.15) is 28.9 Å². The van der Waals surface area contributed by atoms with E-state index in [1.54, 1.807) is 41.6 Å². The molecule has 0 radical (unpaired) electrons. The number of carbonyl (C=O) groups excluding carboxylic acids is 1. The molecule has 1 amide bonds. The Morgan fingerprint density at radius 1 is 1.00 bits per heavy atom. The summed E-state index contributed by atoms with van der Waals surface area (Å²) < 4.78 is 0. The summed E-state index contributed by atoms with van der Waals surface area (Å²) in [6.45, 7) is 0. The monoisotopic (exact) mass is 434 g/mol. The van der Waals surface area contributed by atoms with Crippen LogP contribution in [-0.2, 0) is 0 Å². The van der Waals surface area contributed by atoms with E-state index in [0.717, 1.165) is 34.9 Å². The Balaban J connectivity index is 1.36. The van der Waals surface area contributed by atoms with E-state index < -0.39 is 0 Å². The van der Waals surface area contributed by atoms with Crippen LogP contribution in [0.5, 0.6) is 0 Å². The van der Waals surface area contributed by atoms with Crippen LogP contribution in [0.3, 0.4) is 0 Å². The minimum atomic E-state index is -0.333. The first-order valence-corrected chi connectivity index (χ1v) is 10.7. The number of hydrogen-bond acceptors (Lipinski definition) is 5. The highest BCUT2D eigenvalue weighted by Crippen LogP contribution is 2.27. The third-order valence-electron chi connectivity index (χ3n) is 5.65. The number of carbonyl (C=O) groups is 1. The molecule has 1 saturated carbocycles. The lowest BCUT2D eigenvalue weighted by atomic mass is 10.1. The fraction of sp³-hybridized carbons (Fsp3) is 0.115. The second-order valence-electron chi connectivity index (χ2n) is 8.00. The van der Waals surface area contributed by atoms with Gasteiger partial charge in [-0.3, -0.25) is 25.6 Å². The van der Waals surface area contributed by atoms with Crippen LogP contribution in [0, 0.1) is 10.8 Å². The van der Waals surface area contributed by atoms with E-state index in [0.29, 0.717) is 16.9 Å². The Morgan fingerprint density at radius 2 is 1.85 bits per heavy atom. The van der Waals surface area contributed by atoms with E-state index in [9.17, 15) is 4.79 Å². The van der Waals surface area contributed by atoms with Gasteiger partial charge in [0, 0.05) is 40.6 Å². The topological polar surface area (TPSA) is 106 Å². The zero-order valence-corrected chi connectivity index (χ0v) is 17.8. The van der Waals surface area contributed by atoms with Gasteiger partial charge in [0.25, 0.3) is 5.91 Å². The van der Waals surface area contributed by atoms with Crippen LogP contribution < -0.4 is 5.32 Å². The Labute approximate surface area is 191 Å². The summed E-state index contributed by atoms with van der Waals surface area (Å²) in [5.74, 6) is -0.0760. The molecule has 1 aliphatic carbocycles. The Bertz CT molecular complexity index is 1380. The van der Waals surface area contributed by atoms with Gasteiger partial charge in [0.1, 0.15) is 11.5 Å². The van der Waals surface area contributed by atoms with Crippen LogP contribution in [-0.4, -0.2) is 39.0 Å². The van der Waals surface area contributed by atoms with Crippen molar-refractivity contribution in [2.45, 2.75) is 18.9 Å². The van der Waals surface area contributed by atoms with Gasteiger partial charge in [0.2, 0.25) is 0 Å². The molecule has 0 aliphatic heterocycles. The standard InChI is InChI=1S/C26H22N6O/c27-16-32(22-8-9-22)25(28)19-5-3-6-21(13-19)31-26(33)24-14-17(10-11-29-24)20-12-18-4-1-2-7-23(18)30-15-20/h1-7,10-16,22,27-28H,8-9H2,(H,31,33). The highest BCUT2D eigenvalue weighted by Gasteiger charge is 2.30. The number of rotatable bonds is 6. The minimum Gasteiger partial charge on any atom is -0.321 e. The van der Waals surface area contributed by atoms with Gasteiger partial charge in [-0.15, -0.1) is 0 Å². The molecule has 7 heteroatoms. The van der Waals surface area contributed by atoms with Crippen LogP contribution >= 0.6 is 0 Å². The molecule has 33 heavy (non-hydrogen) atoms. The van der Waals surface area contributed by atoms with E-state index in [4.69, 9.17) is 10.8 Å². The van der Waals surface area contributed by atoms with Gasteiger partial charge in [-0.05, 0) is 54.8 Å². The molecule has 2 aromatic carbocycles. The van der Waals surface area contributed by atoms with Gasteiger partial charge in [-0.2, -0.15) is 0 Å². The van der Waals surface area contributed by atoms with Gasteiger partial charge in [-0.1, -0.05) is 30.3 Å². The molecule has 1 aliphatic rings. The number of hydrogen-bond donors (Lipinski definition) is 3. The summed E-state index contributed by atoms with van der Waals surface area (Å²) in [7, 11) is 0. The van der Waals surface area contributed by atoms with E-state index in [-0.39, 0.29) is 17.8 Å². The van der Waals surface area contributed by atoms with Crippen LogP contribution in [0.2, 0.25) is 0 Å². The van der Waals surface area contributed by atoms with Crippen molar-refractivity contribution in [2.75, 3.05) is 5.32 Å². The van der Waals surface area contributed by atoms with E-state index in [1.807, 2.05) is 42.5 Å². The molecule has 1 fully saturated rings. The SMILES string of the molecule is N=CN(C(=N)c1cccc(NC(=O)c2cc(-c3cnc4ccccc4c3)ccn2)c1)C1CC1. The lowest BCUT2D eigenvalue weighted by molar-refractivity contribution is 0.102. The number of amides is 1. The quantitative estimate of drug-likeness (QED) is 0.295. The number of nitrogens with zero attached hydrogens (tertiary/aromatic N) is 3. The summed E-state index contributed by atoms with van der Waals surface area (Å²) in [6.07, 6.45) is 6.58. The third-order valence-corrected chi connectivity index (χ3v) is 5.65. The highest BCUT2D eigenvalue weighted by molar-refractivity contribution is 6.06. The van der Waals surface area contributed by atoms with Gasteiger partial charge in [0.15, 0.2) is 0 Å². The molecular formula is C26H22N6O. The van der Waals surface area contributed by atoms with Gasteiger partial charge >= 0.3 is 0 Å². The normalized spacial score (nSPS) is 12.8. The number of nitrogens with one attached hydrogen (secondary N) is 3. The molecule has 0 atom stereocenters. The molecule has 5 rings (SSSR count). The lowest BCUT2D eigenvalue weighted by Gasteiger charge is -2.19. The van der Waals surface area contributed by atoms with E-state index in [2.05, 4.69) is 15.3 Å². The maximum absolute atomic E-state index is 12.9. The number of anilines is 1. The minimum absolute atomic E-state index is 0.227. The first-order valence-electron chi connectivity index (χ1n) is 10.7. The van der Waals surface area contributed by atoms with Crippen LogP contribution in [0.4, 0.5) is 5.69 Å². The summed E-state index contributed by atoms with van der Waals surface area (Å²) in [4.78, 5) is 23.3. The number of para-hydroxylation sites is 1. The van der Waals surface area contributed by atoms with Gasteiger partial charge < -0.3 is 10.2 Å². The van der Waals surface area contributed by atoms with Crippen LogP contribution in [0.25, 0.3) is 22.0 Å². The number of pyridine rings is 2. The maximum atomic E-state index is 12.9. The first-order chi connectivity index (χ1) is 16.1.